The average molecular weight is 393 g/mol. The number of allylic oxidation sites excluding steroid dienone is 1. The van der Waals surface area contributed by atoms with E-state index in [-0.39, 0.29) is 17.3 Å². The molecule has 0 bridgehead atoms. The second kappa shape index (κ2) is 14.3. The van der Waals surface area contributed by atoms with Crippen molar-refractivity contribution in [2.45, 2.75) is 91.9 Å². The van der Waals surface area contributed by atoms with Gasteiger partial charge in [0.25, 0.3) is 0 Å². The Morgan fingerprint density at radius 2 is 1.18 bits per heavy atom. The second-order valence-electron chi connectivity index (χ2n) is 7.48. The third kappa shape index (κ3) is 7.69. The summed E-state index contributed by atoms with van der Waals surface area (Å²) in [6.45, 7) is 9.69. The lowest BCUT2D eigenvalue weighted by Crippen LogP contribution is -2.37. The molecular formula is C23H40N2O3. The van der Waals surface area contributed by atoms with Crippen LogP contribution < -0.4 is 10.6 Å². The van der Waals surface area contributed by atoms with Crippen molar-refractivity contribution in [1.29, 1.82) is 0 Å². The lowest BCUT2D eigenvalue weighted by atomic mass is 9.96. The van der Waals surface area contributed by atoms with E-state index in [2.05, 4.69) is 24.5 Å². The van der Waals surface area contributed by atoms with Gasteiger partial charge in [-0.25, -0.2) is 0 Å². The van der Waals surface area contributed by atoms with E-state index in [1.165, 1.54) is 38.5 Å². The van der Waals surface area contributed by atoms with Crippen LogP contribution >= 0.6 is 0 Å². The summed E-state index contributed by atoms with van der Waals surface area (Å²) in [7, 11) is 0. The number of Topliss-reactive ketones (excluding diaryl/α,β-unsaturated/α-hetero) is 2. The quantitative estimate of drug-likeness (QED) is 0.292. The first kappa shape index (κ1) is 24.3. The summed E-state index contributed by atoms with van der Waals surface area (Å²) in [5, 5.41) is 6.37. The highest BCUT2D eigenvalue weighted by Gasteiger charge is 2.33. The SMILES string of the molecule is CCCCCCCNC1=C(C)C(=O)C(NCCCCCCC)=C(OCC)C1=O. The van der Waals surface area contributed by atoms with E-state index in [0.29, 0.717) is 36.7 Å². The predicted molar refractivity (Wildman–Crippen MR) is 115 cm³/mol. The van der Waals surface area contributed by atoms with Crippen LogP contribution in [0.1, 0.15) is 91.9 Å². The van der Waals surface area contributed by atoms with E-state index in [4.69, 9.17) is 4.74 Å². The normalized spacial score (nSPS) is 14.7. The lowest BCUT2D eigenvalue weighted by molar-refractivity contribution is -0.119. The van der Waals surface area contributed by atoms with E-state index < -0.39 is 0 Å². The molecule has 2 N–H and O–H groups in total. The highest BCUT2D eigenvalue weighted by atomic mass is 16.5. The molecule has 0 aromatic carbocycles. The number of carbonyl (C=O) groups is 2. The summed E-state index contributed by atoms with van der Waals surface area (Å²) in [6.07, 6.45) is 11.5. The van der Waals surface area contributed by atoms with Crippen LogP contribution in [0.25, 0.3) is 0 Å². The Hall–Kier alpha value is -1.78. The molecule has 0 atom stereocenters. The van der Waals surface area contributed by atoms with E-state index in [9.17, 15) is 9.59 Å². The van der Waals surface area contributed by atoms with Crippen LogP contribution in [-0.4, -0.2) is 31.3 Å². The van der Waals surface area contributed by atoms with Crippen molar-refractivity contribution in [2.75, 3.05) is 19.7 Å². The fourth-order valence-corrected chi connectivity index (χ4v) is 3.34. The van der Waals surface area contributed by atoms with Crippen LogP contribution in [0, 0.1) is 0 Å². The van der Waals surface area contributed by atoms with Gasteiger partial charge in [-0.3, -0.25) is 9.59 Å². The van der Waals surface area contributed by atoms with Crippen LogP contribution in [0.5, 0.6) is 0 Å². The lowest BCUT2D eigenvalue weighted by Gasteiger charge is -2.23. The minimum absolute atomic E-state index is 0.134. The van der Waals surface area contributed by atoms with Gasteiger partial charge < -0.3 is 15.4 Å². The van der Waals surface area contributed by atoms with Gasteiger partial charge >= 0.3 is 0 Å². The molecule has 5 nitrogen and oxygen atoms in total. The molecule has 160 valence electrons. The fourth-order valence-electron chi connectivity index (χ4n) is 3.34. The Morgan fingerprint density at radius 3 is 1.68 bits per heavy atom. The van der Waals surface area contributed by atoms with Crippen molar-refractivity contribution in [3.63, 3.8) is 0 Å². The van der Waals surface area contributed by atoms with Crippen LogP contribution in [0.2, 0.25) is 0 Å². The minimum Gasteiger partial charge on any atom is -0.488 e. The zero-order chi connectivity index (χ0) is 20.8. The maximum atomic E-state index is 12.9. The summed E-state index contributed by atoms with van der Waals surface area (Å²) in [4.78, 5) is 25.8. The summed E-state index contributed by atoms with van der Waals surface area (Å²) in [5.41, 5.74) is 1.21. The van der Waals surface area contributed by atoms with E-state index >= 15 is 0 Å². The topological polar surface area (TPSA) is 67.4 Å². The van der Waals surface area contributed by atoms with Crippen LogP contribution in [-0.2, 0) is 14.3 Å². The molecule has 0 heterocycles. The Labute approximate surface area is 171 Å². The third-order valence-corrected chi connectivity index (χ3v) is 5.06. The van der Waals surface area contributed by atoms with Crippen molar-refractivity contribution in [2.24, 2.45) is 0 Å². The molecule has 0 saturated heterocycles. The van der Waals surface area contributed by atoms with Gasteiger partial charge in [-0.15, -0.1) is 0 Å². The number of rotatable bonds is 16. The van der Waals surface area contributed by atoms with Crippen molar-refractivity contribution in [3.05, 3.63) is 22.7 Å². The van der Waals surface area contributed by atoms with Gasteiger partial charge in [-0.2, -0.15) is 0 Å². The fraction of sp³-hybridized carbons (Fsp3) is 0.739. The number of carbonyl (C=O) groups excluding carboxylic acids is 2. The van der Waals surface area contributed by atoms with Gasteiger partial charge in [0.05, 0.1) is 12.3 Å². The Bertz CT molecular complexity index is 564. The molecule has 1 rings (SSSR count). The molecule has 0 radical (unpaired) electrons. The first-order valence-electron chi connectivity index (χ1n) is 11.2. The number of hydrogen-bond donors (Lipinski definition) is 2. The summed E-state index contributed by atoms with van der Waals surface area (Å²) < 4.78 is 5.58. The Morgan fingerprint density at radius 1 is 0.679 bits per heavy atom. The van der Waals surface area contributed by atoms with E-state index in [0.717, 1.165) is 25.7 Å². The Kier molecular flexibility index (Phi) is 12.3. The molecule has 28 heavy (non-hydrogen) atoms. The van der Waals surface area contributed by atoms with Crippen molar-refractivity contribution in [3.8, 4) is 0 Å². The number of ketones is 2. The smallest absolute Gasteiger partial charge is 0.246 e. The predicted octanol–water partition coefficient (Wildman–Crippen LogP) is 4.78. The van der Waals surface area contributed by atoms with Gasteiger partial charge in [-0.1, -0.05) is 65.2 Å². The van der Waals surface area contributed by atoms with Crippen LogP contribution in [0.15, 0.2) is 22.7 Å². The molecular weight excluding hydrogens is 352 g/mol. The molecule has 0 unspecified atom stereocenters. The number of unbranched alkanes of at least 4 members (excludes halogenated alkanes) is 8. The molecule has 1 aliphatic carbocycles. The molecule has 0 amide bonds. The van der Waals surface area contributed by atoms with Gasteiger partial charge in [0.2, 0.25) is 11.6 Å². The maximum Gasteiger partial charge on any atom is 0.246 e. The first-order chi connectivity index (χ1) is 13.6. The Balaban J connectivity index is 2.68. The van der Waals surface area contributed by atoms with Crippen LogP contribution in [0.4, 0.5) is 0 Å². The zero-order valence-corrected chi connectivity index (χ0v) is 18.4. The molecule has 0 aliphatic heterocycles. The number of ether oxygens (including phenoxy) is 1. The number of hydrogen-bond acceptors (Lipinski definition) is 5. The highest BCUT2D eigenvalue weighted by molar-refractivity contribution is 6.23. The van der Waals surface area contributed by atoms with Crippen LogP contribution in [0.3, 0.4) is 0 Å². The first-order valence-corrected chi connectivity index (χ1v) is 11.2. The standard InChI is InChI=1S/C23H40N2O3/c1-5-8-10-12-14-16-24-19-18(4)21(26)20(23(22(19)27)28-7-3)25-17-15-13-11-9-6-2/h24-25H,5-17H2,1-4H3. The molecule has 5 heteroatoms. The van der Waals surface area contributed by atoms with E-state index in [1.54, 1.807) is 6.92 Å². The maximum absolute atomic E-state index is 12.9. The van der Waals surface area contributed by atoms with Gasteiger partial charge in [0, 0.05) is 18.7 Å². The third-order valence-electron chi connectivity index (χ3n) is 5.06. The molecule has 0 spiro atoms. The summed E-state index contributed by atoms with van der Waals surface area (Å²) in [5.74, 6) is -0.175. The van der Waals surface area contributed by atoms with Gasteiger partial charge in [0.15, 0.2) is 5.76 Å². The second-order valence-corrected chi connectivity index (χ2v) is 7.48. The monoisotopic (exact) mass is 392 g/mol. The van der Waals surface area contributed by atoms with Gasteiger partial charge in [-0.05, 0) is 26.7 Å². The highest BCUT2D eigenvalue weighted by Crippen LogP contribution is 2.23. The molecule has 0 saturated carbocycles. The van der Waals surface area contributed by atoms with Crippen molar-refractivity contribution < 1.29 is 14.3 Å². The average Bonchev–Trinajstić information content (AvgIpc) is 2.69. The largest absolute Gasteiger partial charge is 0.488 e. The summed E-state index contributed by atoms with van der Waals surface area (Å²) >= 11 is 0. The molecule has 0 aromatic heterocycles. The zero-order valence-electron chi connectivity index (χ0n) is 18.4. The van der Waals surface area contributed by atoms with Crippen molar-refractivity contribution in [1.82, 2.24) is 10.6 Å². The molecule has 0 fully saturated rings. The summed E-state index contributed by atoms with van der Waals surface area (Å²) in [6, 6.07) is 0. The van der Waals surface area contributed by atoms with Crippen molar-refractivity contribution >= 4 is 11.6 Å². The molecule has 0 aromatic rings. The minimum atomic E-state index is -0.207. The number of nitrogens with one attached hydrogen (secondary N) is 2. The molecule has 1 aliphatic rings. The van der Waals surface area contributed by atoms with E-state index in [1.807, 2.05) is 6.92 Å². The van der Waals surface area contributed by atoms with Gasteiger partial charge in [0.1, 0.15) is 5.70 Å².